The van der Waals surface area contributed by atoms with Crippen molar-refractivity contribution in [1.29, 1.82) is 0 Å². The number of methoxy groups -OCH3 is 1. The minimum absolute atomic E-state index is 0.335. The van der Waals surface area contributed by atoms with E-state index in [9.17, 15) is 4.79 Å². The molecule has 22 heavy (non-hydrogen) atoms. The molecule has 1 unspecified atom stereocenters. The van der Waals surface area contributed by atoms with Crippen molar-refractivity contribution in [1.82, 2.24) is 0 Å². The third-order valence-electron chi connectivity index (χ3n) is 3.53. The summed E-state index contributed by atoms with van der Waals surface area (Å²) in [5, 5.41) is 0. The third-order valence-corrected chi connectivity index (χ3v) is 4.53. The lowest BCUT2D eigenvalue weighted by Crippen LogP contribution is -2.42. The van der Waals surface area contributed by atoms with Crippen molar-refractivity contribution >= 4 is 16.4 Å². The van der Waals surface area contributed by atoms with Crippen molar-refractivity contribution in [3.63, 3.8) is 0 Å². The van der Waals surface area contributed by atoms with Gasteiger partial charge in [-0.1, -0.05) is 12.1 Å². The summed E-state index contributed by atoms with van der Waals surface area (Å²) in [5.74, 6) is 0.824. The van der Waals surface area contributed by atoms with Crippen LogP contribution < -0.4 is 9.47 Å². The molecule has 0 amide bonds. The topological polar surface area (TPSA) is 54.0 Å². The largest absolute Gasteiger partial charge is 0.516 e. The zero-order chi connectivity index (χ0) is 16.0. The highest BCUT2D eigenvalue weighted by atomic mass is 28.1. The molecule has 0 saturated carbocycles. The van der Waals surface area contributed by atoms with Crippen molar-refractivity contribution in [3.05, 3.63) is 36.4 Å². The first-order chi connectivity index (χ1) is 10.6. The molecule has 0 aliphatic carbocycles. The molecular formula is C16H22O5Si. The minimum atomic E-state index is -0.772. The number of hydrogen-bond donors (Lipinski definition) is 0. The summed E-state index contributed by atoms with van der Waals surface area (Å²) < 4.78 is 21.5. The van der Waals surface area contributed by atoms with Crippen LogP contribution in [-0.2, 0) is 15.9 Å². The molecule has 1 heterocycles. The van der Waals surface area contributed by atoms with Gasteiger partial charge in [0.05, 0.1) is 24.0 Å². The number of carbonyl (C=O) groups excluding carboxylic acids is 1. The van der Waals surface area contributed by atoms with E-state index in [1.165, 1.54) is 7.11 Å². The van der Waals surface area contributed by atoms with Crippen molar-refractivity contribution < 1.29 is 23.7 Å². The van der Waals surface area contributed by atoms with Gasteiger partial charge in [0.2, 0.25) is 0 Å². The monoisotopic (exact) mass is 322 g/mol. The molecule has 1 aromatic rings. The Morgan fingerprint density at radius 2 is 2.27 bits per heavy atom. The molecule has 0 spiro atoms. The summed E-state index contributed by atoms with van der Waals surface area (Å²) in [6, 6.07) is 5.37. The van der Waals surface area contributed by atoms with Crippen molar-refractivity contribution in [2.75, 3.05) is 13.7 Å². The zero-order valence-electron chi connectivity index (χ0n) is 13.1. The highest BCUT2D eigenvalue weighted by Gasteiger charge is 2.32. The summed E-state index contributed by atoms with van der Waals surface area (Å²) in [6.45, 7) is 4.32. The Morgan fingerprint density at radius 1 is 1.45 bits per heavy atom. The van der Waals surface area contributed by atoms with E-state index in [4.69, 9.17) is 18.9 Å². The fourth-order valence-corrected chi connectivity index (χ4v) is 3.09. The van der Waals surface area contributed by atoms with Gasteiger partial charge in [0.15, 0.2) is 16.9 Å². The fraction of sp³-hybridized carbons (Fsp3) is 0.438. The average molecular weight is 322 g/mol. The summed E-state index contributed by atoms with van der Waals surface area (Å²) >= 11 is 0. The molecule has 6 heteroatoms. The van der Waals surface area contributed by atoms with Crippen LogP contribution >= 0.6 is 0 Å². The summed E-state index contributed by atoms with van der Waals surface area (Å²) in [7, 11) is 2.14. The van der Waals surface area contributed by atoms with Crippen molar-refractivity contribution in [3.8, 4) is 11.5 Å². The van der Waals surface area contributed by atoms with Crippen molar-refractivity contribution in [2.45, 2.75) is 31.1 Å². The first-order valence-electron chi connectivity index (χ1n) is 7.39. The molecule has 1 fully saturated rings. The summed E-state index contributed by atoms with van der Waals surface area (Å²) in [5.41, 5.74) is 0.258. The van der Waals surface area contributed by atoms with Crippen LogP contribution in [0.4, 0.5) is 4.79 Å². The molecule has 1 atom stereocenters. The Morgan fingerprint density at radius 3 is 2.91 bits per heavy atom. The molecule has 1 aliphatic heterocycles. The standard InChI is InChI=1S/C16H22O5Si/c1-3-6-12-7-8-13(14(11-12)18-2)20-15(17)21-16(22)9-4-5-10-19-16/h3,7-8,11H,1,4-6,9-10H2,2,22H3. The van der Waals surface area contributed by atoms with E-state index >= 15 is 0 Å². The van der Waals surface area contributed by atoms with Crippen LogP contribution in [-0.4, -0.2) is 35.5 Å². The van der Waals surface area contributed by atoms with Crippen molar-refractivity contribution in [2.24, 2.45) is 0 Å². The van der Waals surface area contributed by atoms with E-state index in [-0.39, 0.29) is 0 Å². The van der Waals surface area contributed by atoms with Crippen LogP contribution in [0.2, 0.25) is 0 Å². The number of carbonyl (C=O) groups is 1. The Labute approximate surface area is 133 Å². The molecule has 0 bridgehead atoms. The van der Waals surface area contributed by atoms with Crippen LogP contribution in [0.3, 0.4) is 0 Å². The molecule has 5 nitrogen and oxygen atoms in total. The number of allylic oxidation sites excluding steroid dienone is 1. The SMILES string of the molecule is C=CCc1ccc(OC(=O)OC2([SiH3])CCCCO2)c(OC)c1. The van der Waals surface area contributed by atoms with Gasteiger partial charge in [-0.15, -0.1) is 6.58 Å². The fourth-order valence-electron chi connectivity index (χ4n) is 2.37. The van der Waals surface area contributed by atoms with Gasteiger partial charge in [-0.3, -0.25) is 0 Å². The van der Waals surface area contributed by atoms with Gasteiger partial charge >= 0.3 is 6.16 Å². The van der Waals surface area contributed by atoms with Crippen LogP contribution in [0.5, 0.6) is 11.5 Å². The van der Waals surface area contributed by atoms with Crippen LogP contribution in [0.15, 0.2) is 30.9 Å². The highest BCUT2D eigenvalue weighted by Crippen LogP contribution is 2.30. The molecule has 0 radical (unpaired) electrons. The lowest BCUT2D eigenvalue weighted by Gasteiger charge is -2.32. The maximum Gasteiger partial charge on any atom is 0.516 e. The molecule has 0 aromatic heterocycles. The zero-order valence-corrected chi connectivity index (χ0v) is 15.1. The molecular weight excluding hydrogens is 300 g/mol. The predicted molar refractivity (Wildman–Crippen MR) is 86.5 cm³/mol. The number of hydrogen-bond acceptors (Lipinski definition) is 5. The minimum Gasteiger partial charge on any atom is -0.493 e. The van der Waals surface area contributed by atoms with Gasteiger partial charge in [-0.2, -0.15) is 0 Å². The van der Waals surface area contributed by atoms with E-state index in [2.05, 4.69) is 6.58 Å². The van der Waals surface area contributed by atoms with E-state index in [0.717, 1.165) is 31.2 Å². The second-order valence-electron chi connectivity index (χ2n) is 5.37. The average Bonchev–Trinajstić information content (AvgIpc) is 2.49. The first kappa shape index (κ1) is 16.6. The van der Waals surface area contributed by atoms with E-state index in [0.29, 0.717) is 28.3 Å². The smallest absolute Gasteiger partial charge is 0.493 e. The predicted octanol–water partition coefficient (Wildman–Crippen LogP) is 2.16. The van der Waals surface area contributed by atoms with Gasteiger partial charge in [0.1, 0.15) is 0 Å². The summed E-state index contributed by atoms with van der Waals surface area (Å²) in [6.07, 6.45) is 4.49. The van der Waals surface area contributed by atoms with Gasteiger partial charge in [-0.25, -0.2) is 4.79 Å². The number of rotatable bonds is 5. The molecule has 120 valence electrons. The van der Waals surface area contributed by atoms with Gasteiger partial charge in [0.25, 0.3) is 0 Å². The first-order valence-corrected chi connectivity index (χ1v) is 8.39. The van der Waals surface area contributed by atoms with Crippen LogP contribution in [0.25, 0.3) is 0 Å². The lowest BCUT2D eigenvalue weighted by molar-refractivity contribution is -0.170. The van der Waals surface area contributed by atoms with E-state index in [1.807, 2.05) is 12.1 Å². The molecule has 1 aliphatic rings. The second-order valence-corrected chi connectivity index (χ2v) is 6.90. The number of ether oxygens (including phenoxy) is 4. The normalized spacial score (nSPS) is 21.1. The van der Waals surface area contributed by atoms with Crippen LogP contribution in [0.1, 0.15) is 24.8 Å². The molecule has 2 rings (SSSR count). The van der Waals surface area contributed by atoms with Gasteiger partial charge in [0, 0.05) is 6.42 Å². The Kier molecular flexibility index (Phi) is 5.62. The molecule has 0 N–H and O–H groups in total. The van der Waals surface area contributed by atoms with E-state index < -0.39 is 11.6 Å². The van der Waals surface area contributed by atoms with Crippen LogP contribution in [0, 0.1) is 0 Å². The Bertz CT molecular complexity index is 537. The van der Waals surface area contributed by atoms with Gasteiger partial charge < -0.3 is 18.9 Å². The van der Waals surface area contributed by atoms with Gasteiger partial charge in [-0.05, 0) is 37.0 Å². The Hall–Kier alpha value is -1.79. The third kappa shape index (κ3) is 4.35. The maximum absolute atomic E-state index is 12.0. The quantitative estimate of drug-likeness (QED) is 0.360. The highest BCUT2D eigenvalue weighted by molar-refractivity contribution is 6.14. The Balaban J connectivity index is 2.02. The maximum atomic E-state index is 12.0. The molecule has 1 aromatic carbocycles. The number of benzene rings is 1. The van der Waals surface area contributed by atoms with E-state index in [1.54, 1.807) is 12.1 Å². The lowest BCUT2D eigenvalue weighted by atomic mass is 10.1. The summed E-state index contributed by atoms with van der Waals surface area (Å²) in [4.78, 5) is 12.0. The second kappa shape index (κ2) is 7.46. The molecule has 1 saturated heterocycles.